The summed E-state index contributed by atoms with van der Waals surface area (Å²) in [6.07, 6.45) is 3.52. The molecule has 1 aromatic rings. The smallest absolute Gasteiger partial charge is 0.267 e. The number of anilines is 2. The van der Waals surface area contributed by atoms with Crippen molar-refractivity contribution in [3.8, 4) is 0 Å². The molecule has 5 N–H and O–H groups in total. The number of nitrogens with two attached hydrogens (primary N) is 2. The van der Waals surface area contributed by atoms with Crippen LogP contribution in [0.15, 0.2) is 0 Å². The van der Waals surface area contributed by atoms with Gasteiger partial charge in [-0.3, -0.25) is 9.59 Å². The van der Waals surface area contributed by atoms with Crippen molar-refractivity contribution in [2.75, 3.05) is 24.1 Å². The van der Waals surface area contributed by atoms with Gasteiger partial charge in [0.05, 0.1) is 0 Å². The van der Waals surface area contributed by atoms with Crippen LogP contribution in [0.1, 0.15) is 35.4 Å². The Morgan fingerprint density at radius 3 is 2.48 bits per heavy atom. The van der Waals surface area contributed by atoms with E-state index in [-0.39, 0.29) is 23.6 Å². The van der Waals surface area contributed by atoms with Crippen molar-refractivity contribution < 1.29 is 9.59 Å². The van der Waals surface area contributed by atoms with Crippen molar-refractivity contribution in [3.05, 3.63) is 4.88 Å². The predicted octanol–water partition coefficient (Wildman–Crippen LogP) is 0.637. The van der Waals surface area contributed by atoms with Crippen molar-refractivity contribution in [2.24, 2.45) is 11.7 Å². The Hall–Kier alpha value is -1.83. The highest BCUT2D eigenvalue weighted by molar-refractivity contribution is 7.18. The van der Waals surface area contributed by atoms with E-state index in [9.17, 15) is 9.59 Å². The van der Waals surface area contributed by atoms with Gasteiger partial charge in [0.1, 0.15) is 10.7 Å². The molecule has 1 aliphatic heterocycles. The zero-order valence-electron chi connectivity index (χ0n) is 11.7. The molecule has 0 unspecified atom stereocenters. The molecule has 7 nitrogen and oxygen atoms in total. The molecule has 1 aromatic heterocycles. The second-order valence-corrected chi connectivity index (χ2v) is 6.62. The Morgan fingerprint density at radius 2 is 1.90 bits per heavy atom. The highest BCUT2D eigenvalue weighted by Gasteiger charge is 2.29. The first-order chi connectivity index (χ1) is 10.0. The standard InChI is InChI=1S/C13H19N5O2S/c14-10-9(21-13(17-10)16-8-1-2-8)12(20)18-5-3-7(4-6-18)11(15)19/h7-8H,1-6,14H2,(H2,15,19)(H,16,17). The van der Waals surface area contributed by atoms with Crippen molar-refractivity contribution >= 4 is 34.1 Å². The van der Waals surface area contributed by atoms with Crippen molar-refractivity contribution in [3.63, 3.8) is 0 Å². The normalized spacial score (nSPS) is 19.5. The van der Waals surface area contributed by atoms with Gasteiger partial charge in [0.2, 0.25) is 5.91 Å². The van der Waals surface area contributed by atoms with Crippen LogP contribution in [0.2, 0.25) is 0 Å². The molecule has 1 saturated carbocycles. The lowest BCUT2D eigenvalue weighted by Crippen LogP contribution is -2.41. The minimum atomic E-state index is -0.282. The topological polar surface area (TPSA) is 114 Å². The predicted molar refractivity (Wildman–Crippen MR) is 81.0 cm³/mol. The molecule has 0 bridgehead atoms. The molecule has 2 fully saturated rings. The van der Waals surface area contributed by atoms with E-state index < -0.39 is 0 Å². The monoisotopic (exact) mass is 309 g/mol. The molecule has 1 saturated heterocycles. The van der Waals surface area contributed by atoms with Gasteiger partial charge in [0.25, 0.3) is 5.91 Å². The zero-order chi connectivity index (χ0) is 15.0. The molecule has 1 aliphatic carbocycles. The second kappa shape index (κ2) is 5.51. The summed E-state index contributed by atoms with van der Waals surface area (Å²) in [6.45, 7) is 1.07. The van der Waals surface area contributed by atoms with Gasteiger partial charge in [-0.25, -0.2) is 4.98 Å². The van der Waals surface area contributed by atoms with Crippen LogP contribution < -0.4 is 16.8 Å². The van der Waals surface area contributed by atoms with E-state index in [0.29, 0.717) is 42.0 Å². The van der Waals surface area contributed by atoms with Crippen molar-refractivity contribution in [1.29, 1.82) is 0 Å². The maximum atomic E-state index is 12.5. The van der Waals surface area contributed by atoms with E-state index >= 15 is 0 Å². The van der Waals surface area contributed by atoms with Crippen LogP contribution >= 0.6 is 11.3 Å². The third kappa shape index (κ3) is 3.10. The summed E-state index contributed by atoms with van der Waals surface area (Å²) in [5.74, 6) is -0.225. The number of aromatic nitrogens is 1. The Balaban J connectivity index is 1.65. The number of nitrogen functional groups attached to an aromatic ring is 1. The summed E-state index contributed by atoms with van der Waals surface area (Å²) in [5, 5.41) is 3.97. The number of piperidine rings is 1. The molecular formula is C13H19N5O2S. The molecule has 21 heavy (non-hydrogen) atoms. The largest absolute Gasteiger partial charge is 0.382 e. The van der Waals surface area contributed by atoms with E-state index in [1.807, 2.05) is 0 Å². The Morgan fingerprint density at radius 1 is 1.24 bits per heavy atom. The lowest BCUT2D eigenvalue weighted by Gasteiger charge is -2.30. The van der Waals surface area contributed by atoms with Gasteiger partial charge in [-0.1, -0.05) is 11.3 Å². The van der Waals surface area contributed by atoms with Crippen molar-refractivity contribution in [1.82, 2.24) is 9.88 Å². The van der Waals surface area contributed by atoms with Crippen LogP contribution in [0, 0.1) is 5.92 Å². The first-order valence-electron chi connectivity index (χ1n) is 7.16. The molecule has 0 radical (unpaired) electrons. The number of hydrogen-bond donors (Lipinski definition) is 3. The quantitative estimate of drug-likeness (QED) is 0.755. The number of rotatable bonds is 4. The number of likely N-dealkylation sites (tertiary alicyclic amines) is 1. The second-order valence-electron chi connectivity index (χ2n) is 5.62. The highest BCUT2D eigenvalue weighted by atomic mass is 32.1. The third-order valence-electron chi connectivity index (χ3n) is 3.94. The van der Waals surface area contributed by atoms with Crippen LogP contribution in [0.4, 0.5) is 10.9 Å². The number of nitrogens with zero attached hydrogens (tertiary/aromatic N) is 2. The highest BCUT2D eigenvalue weighted by Crippen LogP contribution is 2.32. The fourth-order valence-electron chi connectivity index (χ4n) is 2.46. The molecule has 0 atom stereocenters. The fourth-order valence-corrected chi connectivity index (χ4v) is 3.39. The summed E-state index contributed by atoms with van der Waals surface area (Å²) in [4.78, 5) is 30.1. The number of carbonyl (C=O) groups is 2. The molecule has 2 heterocycles. The van der Waals surface area contributed by atoms with Gasteiger partial charge in [-0.15, -0.1) is 0 Å². The SMILES string of the molecule is NC(=O)C1CCN(C(=O)c2sc(NC3CC3)nc2N)CC1. The van der Waals surface area contributed by atoms with Gasteiger partial charge in [-0.2, -0.15) is 0 Å². The summed E-state index contributed by atoms with van der Waals surface area (Å²) in [5.41, 5.74) is 11.2. The number of hydrogen-bond acceptors (Lipinski definition) is 6. The number of primary amides is 1. The number of carbonyl (C=O) groups excluding carboxylic acids is 2. The molecule has 0 spiro atoms. The van der Waals surface area contributed by atoms with Crippen LogP contribution in [-0.2, 0) is 4.79 Å². The molecule has 0 aromatic carbocycles. The third-order valence-corrected chi connectivity index (χ3v) is 4.93. The Bertz CT molecular complexity index is 561. The maximum Gasteiger partial charge on any atom is 0.267 e. The average molecular weight is 309 g/mol. The van der Waals surface area contributed by atoms with Crippen LogP contribution in [-0.4, -0.2) is 40.8 Å². The molecular weight excluding hydrogens is 290 g/mol. The molecule has 114 valence electrons. The lowest BCUT2D eigenvalue weighted by molar-refractivity contribution is -0.123. The fraction of sp³-hybridized carbons (Fsp3) is 0.615. The van der Waals surface area contributed by atoms with Crippen molar-refractivity contribution in [2.45, 2.75) is 31.7 Å². The summed E-state index contributed by atoms with van der Waals surface area (Å²) < 4.78 is 0. The minimum absolute atomic E-state index is 0.100. The molecule has 3 rings (SSSR count). The number of thiazole rings is 1. The van der Waals surface area contributed by atoms with Gasteiger partial charge in [0.15, 0.2) is 5.13 Å². The van der Waals surface area contributed by atoms with Gasteiger partial charge < -0.3 is 21.7 Å². The first-order valence-corrected chi connectivity index (χ1v) is 7.97. The summed E-state index contributed by atoms with van der Waals surface area (Å²) >= 11 is 1.31. The molecule has 8 heteroatoms. The van der Waals surface area contributed by atoms with Crippen LogP contribution in [0.5, 0.6) is 0 Å². The van der Waals surface area contributed by atoms with E-state index in [2.05, 4.69) is 10.3 Å². The minimum Gasteiger partial charge on any atom is -0.382 e. The van der Waals surface area contributed by atoms with Gasteiger partial charge in [-0.05, 0) is 25.7 Å². The zero-order valence-corrected chi connectivity index (χ0v) is 12.5. The number of amides is 2. The van der Waals surface area contributed by atoms with E-state index in [0.717, 1.165) is 12.8 Å². The first kappa shape index (κ1) is 14.1. The maximum absolute atomic E-state index is 12.5. The van der Waals surface area contributed by atoms with Crippen LogP contribution in [0.3, 0.4) is 0 Å². The Labute approximate surface area is 126 Å². The van der Waals surface area contributed by atoms with E-state index in [1.54, 1.807) is 4.90 Å². The Kier molecular flexibility index (Phi) is 3.71. The summed E-state index contributed by atoms with van der Waals surface area (Å²) in [6, 6.07) is 0.477. The lowest BCUT2D eigenvalue weighted by atomic mass is 9.96. The molecule has 2 amide bonds. The van der Waals surface area contributed by atoms with Crippen LogP contribution in [0.25, 0.3) is 0 Å². The van der Waals surface area contributed by atoms with E-state index in [4.69, 9.17) is 11.5 Å². The van der Waals surface area contributed by atoms with Gasteiger partial charge >= 0.3 is 0 Å². The van der Waals surface area contributed by atoms with E-state index in [1.165, 1.54) is 11.3 Å². The average Bonchev–Trinajstić information content (AvgIpc) is 3.20. The molecule has 2 aliphatic rings. The number of nitrogens with one attached hydrogen (secondary N) is 1. The van der Waals surface area contributed by atoms with Gasteiger partial charge in [0, 0.05) is 25.0 Å². The summed E-state index contributed by atoms with van der Waals surface area (Å²) in [7, 11) is 0.